The predicted octanol–water partition coefficient (Wildman–Crippen LogP) is 2.30. The van der Waals surface area contributed by atoms with E-state index in [2.05, 4.69) is 31.2 Å². The third-order valence-electron chi connectivity index (χ3n) is 2.41. The van der Waals surface area contributed by atoms with Crippen molar-refractivity contribution < 1.29 is 0 Å². The van der Waals surface area contributed by atoms with E-state index in [9.17, 15) is 0 Å². The Hall–Kier alpha value is -1.17. The van der Waals surface area contributed by atoms with Gasteiger partial charge in [0.15, 0.2) is 0 Å². The maximum atomic E-state index is 6.28. The van der Waals surface area contributed by atoms with E-state index < -0.39 is 8.07 Å². The first-order chi connectivity index (χ1) is 7.29. The Morgan fingerprint density at radius 2 is 1.47 bits per heavy atom. The normalized spacial score (nSPS) is 12.4. The van der Waals surface area contributed by atoms with Crippen LogP contribution in [0.25, 0.3) is 0 Å². The van der Waals surface area contributed by atoms with Crippen molar-refractivity contribution in [3.05, 3.63) is 60.2 Å². The molecule has 0 radical (unpaired) electrons. The first-order valence-electron chi connectivity index (χ1n) is 4.94. The van der Waals surface area contributed by atoms with Crippen LogP contribution < -0.4 is 16.1 Å². The first-order valence-corrected chi connectivity index (χ1v) is 6.35. The van der Waals surface area contributed by atoms with Gasteiger partial charge < -0.3 is 5.50 Å². The van der Waals surface area contributed by atoms with Gasteiger partial charge in [0.2, 0.25) is 0 Å². The Kier molecular flexibility index (Phi) is 3.15. The summed E-state index contributed by atoms with van der Waals surface area (Å²) in [6.07, 6.45) is 0. The number of benzene rings is 2. The van der Waals surface area contributed by atoms with Crippen LogP contribution in [0.5, 0.6) is 0 Å². The molecule has 0 aliphatic carbocycles. The molecule has 0 saturated carbocycles. The zero-order chi connectivity index (χ0) is 10.7. The van der Waals surface area contributed by atoms with E-state index >= 15 is 0 Å². The minimum Gasteiger partial charge on any atom is -0.302 e. The van der Waals surface area contributed by atoms with Gasteiger partial charge in [-0.25, -0.2) is 0 Å². The van der Waals surface area contributed by atoms with Crippen LogP contribution in [0, 0.1) is 6.92 Å². The van der Waals surface area contributed by atoms with Gasteiger partial charge in [-0.1, -0.05) is 54.6 Å². The van der Waals surface area contributed by atoms with Crippen molar-refractivity contribution in [2.45, 2.75) is 6.92 Å². The summed E-state index contributed by atoms with van der Waals surface area (Å²) in [5.74, 6) is 0. The van der Waals surface area contributed by atoms with Crippen molar-refractivity contribution in [1.82, 2.24) is 0 Å². The maximum absolute atomic E-state index is 6.28. The van der Waals surface area contributed by atoms with Gasteiger partial charge >= 0.3 is 0 Å². The fraction of sp³-hybridized carbons (Fsp3) is 0.0769. The Bertz CT molecular complexity index is 439. The van der Waals surface area contributed by atoms with Gasteiger partial charge in [0, 0.05) is 8.07 Å². The van der Waals surface area contributed by atoms with Gasteiger partial charge in [-0.2, -0.15) is 0 Å². The predicted molar refractivity (Wildman–Crippen MR) is 68.0 cm³/mol. The molecule has 0 aliphatic heterocycles. The summed E-state index contributed by atoms with van der Waals surface area (Å²) in [4.78, 5) is 0. The van der Waals surface area contributed by atoms with Crippen LogP contribution in [-0.2, 0) is 0 Å². The van der Waals surface area contributed by atoms with E-state index in [0.29, 0.717) is 0 Å². The number of nitrogens with two attached hydrogens (primary N) is 1. The first kappa shape index (κ1) is 10.4. The molecule has 0 amide bonds. The van der Waals surface area contributed by atoms with Gasteiger partial charge in [-0.3, -0.25) is 0 Å². The summed E-state index contributed by atoms with van der Waals surface area (Å²) >= 11 is 0. The lowest BCUT2D eigenvalue weighted by molar-refractivity contribution is 1.51. The average molecular weight is 215 g/mol. The summed E-state index contributed by atoms with van der Waals surface area (Å²) in [5, 5.41) is 2.49. The van der Waals surface area contributed by atoms with Crippen molar-refractivity contribution in [1.29, 1.82) is 0 Å². The van der Waals surface area contributed by atoms with Gasteiger partial charge in [0.1, 0.15) is 0 Å². The summed E-state index contributed by atoms with van der Waals surface area (Å²) in [6.45, 7) is 2.11. The molecular formula is C13H14NP. The van der Waals surface area contributed by atoms with E-state index in [4.69, 9.17) is 5.50 Å². The molecular weight excluding hydrogens is 201 g/mol. The second-order valence-corrected chi connectivity index (χ2v) is 5.23. The van der Waals surface area contributed by atoms with Crippen LogP contribution in [0.3, 0.4) is 0 Å². The topological polar surface area (TPSA) is 26.0 Å². The largest absolute Gasteiger partial charge is 0.302 e. The summed E-state index contributed by atoms with van der Waals surface area (Å²) in [6, 6.07) is 18.6. The highest BCUT2D eigenvalue weighted by Crippen LogP contribution is 2.24. The molecule has 0 saturated heterocycles. The third-order valence-corrected chi connectivity index (χ3v) is 4.28. The highest BCUT2D eigenvalue weighted by Gasteiger charge is 2.09. The molecule has 1 unspecified atom stereocenters. The molecule has 76 valence electrons. The number of rotatable bonds is 2. The van der Waals surface area contributed by atoms with Crippen molar-refractivity contribution in [3.63, 3.8) is 0 Å². The Labute approximate surface area is 91.7 Å². The molecule has 0 spiro atoms. The van der Waals surface area contributed by atoms with Gasteiger partial charge in [-0.15, -0.1) is 0 Å². The van der Waals surface area contributed by atoms with E-state index in [1.807, 2.05) is 30.3 Å². The zero-order valence-electron chi connectivity index (χ0n) is 8.72. The summed E-state index contributed by atoms with van der Waals surface area (Å²) in [5.41, 5.74) is 7.56. The lowest BCUT2D eigenvalue weighted by atomic mass is 10.2. The Balaban J connectivity index is 2.37. The van der Waals surface area contributed by atoms with Crippen LogP contribution in [0.1, 0.15) is 5.56 Å². The molecule has 2 aromatic rings. The Morgan fingerprint density at radius 3 is 2.13 bits per heavy atom. The standard InChI is InChI=1S/C13H14NP/c1-11-7-5-6-10-13(11)15(14)12-8-3-2-4-9-12/h2-10H,14H2,1H3. The molecule has 2 rings (SSSR count). The molecule has 0 bridgehead atoms. The summed E-state index contributed by atoms with van der Waals surface area (Å²) < 4.78 is 0. The van der Waals surface area contributed by atoms with Crippen molar-refractivity contribution in [2.75, 3.05) is 0 Å². The SMILES string of the molecule is Cc1ccccc1P(N)c1ccccc1. The van der Waals surface area contributed by atoms with Gasteiger partial charge in [-0.05, 0) is 23.1 Å². The monoisotopic (exact) mass is 215 g/mol. The second kappa shape index (κ2) is 4.57. The van der Waals surface area contributed by atoms with Crippen molar-refractivity contribution >= 4 is 18.7 Å². The van der Waals surface area contributed by atoms with Gasteiger partial charge in [0.25, 0.3) is 0 Å². The van der Waals surface area contributed by atoms with E-state index in [0.717, 1.165) is 0 Å². The van der Waals surface area contributed by atoms with Crippen LogP contribution in [-0.4, -0.2) is 0 Å². The molecule has 1 nitrogen and oxygen atoms in total. The van der Waals surface area contributed by atoms with E-state index in [1.165, 1.54) is 16.2 Å². The molecule has 1 atom stereocenters. The zero-order valence-corrected chi connectivity index (χ0v) is 9.62. The third kappa shape index (κ3) is 2.26. The maximum Gasteiger partial charge on any atom is 0.0228 e. The molecule has 15 heavy (non-hydrogen) atoms. The summed E-state index contributed by atoms with van der Waals surface area (Å²) in [7, 11) is -0.692. The van der Waals surface area contributed by atoms with Crippen LogP contribution >= 0.6 is 8.07 Å². The molecule has 0 heterocycles. The number of hydrogen-bond donors (Lipinski definition) is 1. The van der Waals surface area contributed by atoms with E-state index in [1.54, 1.807) is 0 Å². The smallest absolute Gasteiger partial charge is 0.0228 e. The molecule has 2 heteroatoms. The van der Waals surface area contributed by atoms with Crippen LogP contribution in [0.2, 0.25) is 0 Å². The number of hydrogen-bond acceptors (Lipinski definition) is 1. The average Bonchev–Trinajstić information content (AvgIpc) is 2.30. The second-order valence-electron chi connectivity index (χ2n) is 3.49. The minimum atomic E-state index is -0.692. The molecule has 0 aliphatic rings. The molecule has 0 aromatic heterocycles. The van der Waals surface area contributed by atoms with Crippen LogP contribution in [0.15, 0.2) is 54.6 Å². The Morgan fingerprint density at radius 1 is 0.867 bits per heavy atom. The molecule has 0 fully saturated rings. The lowest BCUT2D eigenvalue weighted by Gasteiger charge is -2.14. The fourth-order valence-corrected chi connectivity index (χ4v) is 3.03. The molecule has 2 N–H and O–H groups in total. The fourth-order valence-electron chi connectivity index (χ4n) is 1.56. The number of aryl methyl sites for hydroxylation is 1. The van der Waals surface area contributed by atoms with E-state index in [-0.39, 0.29) is 0 Å². The quantitative estimate of drug-likeness (QED) is 0.764. The minimum absolute atomic E-state index is 0.692. The van der Waals surface area contributed by atoms with Crippen LogP contribution in [0.4, 0.5) is 0 Å². The highest BCUT2D eigenvalue weighted by molar-refractivity contribution is 7.70. The van der Waals surface area contributed by atoms with Crippen molar-refractivity contribution in [2.24, 2.45) is 5.50 Å². The molecule has 2 aromatic carbocycles. The van der Waals surface area contributed by atoms with Gasteiger partial charge in [0.05, 0.1) is 0 Å². The highest BCUT2D eigenvalue weighted by atomic mass is 31.1. The lowest BCUT2D eigenvalue weighted by Crippen LogP contribution is -2.19. The van der Waals surface area contributed by atoms with Crippen molar-refractivity contribution in [3.8, 4) is 0 Å².